The van der Waals surface area contributed by atoms with Gasteiger partial charge in [-0.15, -0.1) is 0 Å². The van der Waals surface area contributed by atoms with E-state index in [4.69, 9.17) is 25.2 Å². The van der Waals surface area contributed by atoms with Crippen LogP contribution in [-0.2, 0) is 14.3 Å². The normalized spacial score (nSPS) is 18.9. The van der Waals surface area contributed by atoms with Crippen molar-refractivity contribution in [2.45, 2.75) is 12.2 Å². The van der Waals surface area contributed by atoms with Gasteiger partial charge in [0.15, 0.2) is 12.2 Å². The second kappa shape index (κ2) is 7.99. The number of hydrogen-bond donors (Lipinski definition) is 5. The largest absolute Gasteiger partial charge is 0.479 e. The minimum absolute atomic E-state index is 0.889. The van der Waals surface area contributed by atoms with Crippen LogP contribution in [0.1, 0.15) is 0 Å². The van der Waals surface area contributed by atoms with Crippen LogP contribution in [0, 0.1) is 0 Å². The van der Waals surface area contributed by atoms with Gasteiger partial charge in [0.25, 0.3) is 0 Å². The first-order valence-electron chi connectivity index (χ1n) is 4.57. The predicted octanol–water partition coefficient (Wildman–Crippen LogP) is -2.52. The number of aliphatic carboxylic acids is 2. The van der Waals surface area contributed by atoms with E-state index in [1.54, 1.807) is 0 Å². The number of ether oxygens (including phenoxy) is 1. The van der Waals surface area contributed by atoms with Crippen LogP contribution in [0.25, 0.3) is 0 Å². The Balaban J connectivity index is 0.000000315. The van der Waals surface area contributed by atoms with E-state index in [1.165, 1.54) is 0 Å². The van der Waals surface area contributed by atoms with E-state index in [0.29, 0.717) is 0 Å². The Morgan fingerprint density at radius 2 is 1.38 bits per heavy atom. The molecule has 1 fully saturated rings. The second-order valence-corrected chi connectivity index (χ2v) is 2.93. The second-order valence-electron chi connectivity index (χ2n) is 2.93. The number of aliphatic hydroxyl groups is 2. The summed E-state index contributed by atoms with van der Waals surface area (Å²) in [6.45, 7) is 3.83. The van der Waals surface area contributed by atoms with Crippen molar-refractivity contribution in [3.8, 4) is 0 Å². The predicted molar refractivity (Wildman–Crippen MR) is 51.0 cm³/mol. The zero-order valence-electron chi connectivity index (χ0n) is 8.50. The minimum atomic E-state index is -2.27. The molecule has 0 unspecified atom stereocenters. The molecule has 1 aliphatic rings. The van der Waals surface area contributed by atoms with Gasteiger partial charge in [-0.05, 0) is 0 Å². The smallest absolute Gasteiger partial charge is 0.335 e. The SMILES string of the molecule is C1COCCN1.O=C(O)[C@H](O)[C@@H](O)C(=O)O. The molecule has 0 aromatic heterocycles. The Morgan fingerprint density at radius 1 is 1.00 bits per heavy atom. The van der Waals surface area contributed by atoms with E-state index < -0.39 is 24.1 Å². The molecule has 1 heterocycles. The molecule has 0 aliphatic carbocycles. The van der Waals surface area contributed by atoms with Crippen LogP contribution >= 0.6 is 0 Å². The Bertz CT molecular complexity index is 199. The maximum Gasteiger partial charge on any atom is 0.335 e. The van der Waals surface area contributed by atoms with E-state index in [1.807, 2.05) is 0 Å². The molecule has 0 radical (unpaired) electrons. The first-order chi connectivity index (χ1) is 7.46. The fourth-order valence-electron chi connectivity index (χ4n) is 0.786. The lowest BCUT2D eigenvalue weighted by Gasteiger charge is -2.10. The third-order valence-electron chi connectivity index (χ3n) is 1.65. The molecule has 1 saturated heterocycles. The number of nitrogens with one attached hydrogen (secondary N) is 1. The number of aliphatic hydroxyl groups excluding tert-OH is 2. The van der Waals surface area contributed by atoms with Gasteiger partial charge in [-0.1, -0.05) is 0 Å². The van der Waals surface area contributed by atoms with Gasteiger partial charge in [0.2, 0.25) is 0 Å². The van der Waals surface area contributed by atoms with Gasteiger partial charge < -0.3 is 30.5 Å². The summed E-state index contributed by atoms with van der Waals surface area (Å²) in [5, 5.41) is 35.7. The van der Waals surface area contributed by atoms with Crippen LogP contribution in [0.3, 0.4) is 0 Å². The molecule has 0 spiro atoms. The molecule has 0 saturated carbocycles. The van der Waals surface area contributed by atoms with Gasteiger partial charge in [0.05, 0.1) is 13.2 Å². The molecule has 5 N–H and O–H groups in total. The summed E-state index contributed by atoms with van der Waals surface area (Å²) in [7, 11) is 0. The van der Waals surface area contributed by atoms with Crippen molar-refractivity contribution in [3.63, 3.8) is 0 Å². The number of carboxylic acids is 2. The Hall–Kier alpha value is -1.22. The summed E-state index contributed by atoms with van der Waals surface area (Å²) in [5.41, 5.74) is 0. The van der Waals surface area contributed by atoms with Gasteiger partial charge in [0, 0.05) is 13.1 Å². The Kier molecular flexibility index (Phi) is 7.38. The number of morpholine rings is 1. The number of hydrogen-bond acceptors (Lipinski definition) is 6. The van der Waals surface area contributed by atoms with Crippen LogP contribution in [0.2, 0.25) is 0 Å². The lowest BCUT2D eigenvalue weighted by molar-refractivity contribution is -0.165. The molecule has 8 heteroatoms. The first kappa shape index (κ1) is 14.8. The van der Waals surface area contributed by atoms with E-state index in [2.05, 4.69) is 5.32 Å². The van der Waals surface area contributed by atoms with Crippen molar-refractivity contribution >= 4 is 11.9 Å². The van der Waals surface area contributed by atoms with Gasteiger partial charge in [0.1, 0.15) is 0 Å². The van der Waals surface area contributed by atoms with Gasteiger partial charge >= 0.3 is 11.9 Å². The fourth-order valence-corrected chi connectivity index (χ4v) is 0.786. The fraction of sp³-hybridized carbons (Fsp3) is 0.750. The van der Waals surface area contributed by atoms with Crippen molar-refractivity contribution in [2.24, 2.45) is 0 Å². The number of carboxylic acid groups (broad SMARTS) is 2. The monoisotopic (exact) mass is 237 g/mol. The van der Waals surface area contributed by atoms with E-state index >= 15 is 0 Å². The van der Waals surface area contributed by atoms with E-state index in [9.17, 15) is 9.59 Å². The maximum atomic E-state index is 9.77. The summed E-state index contributed by atoms with van der Waals surface area (Å²) in [6, 6.07) is 0. The van der Waals surface area contributed by atoms with Crippen molar-refractivity contribution in [3.05, 3.63) is 0 Å². The summed E-state index contributed by atoms with van der Waals surface area (Å²) >= 11 is 0. The Morgan fingerprint density at radius 3 is 1.50 bits per heavy atom. The van der Waals surface area contributed by atoms with Crippen LogP contribution < -0.4 is 5.32 Å². The van der Waals surface area contributed by atoms with Crippen molar-refractivity contribution in [1.29, 1.82) is 0 Å². The van der Waals surface area contributed by atoms with E-state index in [0.717, 1.165) is 26.3 Å². The minimum Gasteiger partial charge on any atom is -0.479 e. The number of rotatable bonds is 3. The average molecular weight is 237 g/mol. The molecule has 16 heavy (non-hydrogen) atoms. The highest BCUT2D eigenvalue weighted by Gasteiger charge is 2.29. The standard InChI is InChI=1S/C4H9NO.C4H6O6/c1-3-6-4-2-5-1;5-1(3(7)8)2(6)4(9)10/h5H,1-4H2;1-2,5-6H,(H,7,8)(H,9,10)/t;1-,2-/m.1/s1. The maximum absolute atomic E-state index is 9.77. The molecule has 0 aromatic carbocycles. The highest BCUT2D eigenvalue weighted by atomic mass is 16.5. The molecule has 94 valence electrons. The van der Waals surface area contributed by atoms with Crippen molar-refractivity contribution in [1.82, 2.24) is 5.32 Å². The quantitative estimate of drug-likeness (QED) is 0.363. The molecular weight excluding hydrogens is 222 g/mol. The molecule has 2 atom stereocenters. The summed E-state index contributed by atoms with van der Waals surface area (Å²) in [4.78, 5) is 19.5. The first-order valence-corrected chi connectivity index (χ1v) is 4.57. The van der Waals surface area contributed by atoms with Crippen LogP contribution in [0.4, 0.5) is 0 Å². The van der Waals surface area contributed by atoms with Crippen LogP contribution in [0.5, 0.6) is 0 Å². The van der Waals surface area contributed by atoms with E-state index in [-0.39, 0.29) is 0 Å². The summed E-state index contributed by atoms with van der Waals surface area (Å²) < 4.78 is 5.01. The van der Waals surface area contributed by atoms with Crippen LogP contribution in [0.15, 0.2) is 0 Å². The number of carbonyl (C=O) groups is 2. The summed E-state index contributed by atoms with van der Waals surface area (Å²) in [5.74, 6) is -3.54. The lowest BCUT2D eigenvalue weighted by atomic mass is 10.2. The molecule has 0 aromatic rings. The third kappa shape index (κ3) is 6.30. The highest BCUT2D eigenvalue weighted by molar-refractivity contribution is 5.83. The zero-order valence-corrected chi connectivity index (χ0v) is 8.50. The molecule has 1 aliphatic heterocycles. The van der Waals surface area contributed by atoms with Crippen molar-refractivity contribution < 1.29 is 34.8 Å². The molecular formula is C8H15NO7. The van der Waals surface area contributed by atoms with Crippen LogP contribution in [-0.4, -0.2) is 70.9 Å². The Labute approximate surface area is 91.5 Å². The zero-order chi connectivity index (χ0) is 12.6. The average Bonchev–Trinajstić information content (AvgIpc) is 2.30. The molecule has 0 amide bonds. The third-order valence-corrected chi connectivity index (χ3v) is 1.65. The molecule has 1 rings (SSSR count). The topological polar surface area (TPSA) is 136 Å². The van der Waals surface area contributed by atoms with Crippen molar-refractivity contribution in [2.75, 3.05) is 26.3 Å². The summed E-state index contributed by atoms with van der Waals surface area (Å²) in [6.07, 6.45) is -4.53. The highest BCUT2D eigenvalue weighted by Crippen LogP contribution is 1.92. The lowest BCUT2D eigenvalue weighted by Crippen LogP contribution is -2.39. The van der Waals surface area contributed by atoms with Gasteiger partial charge in [-0.25, -0.2) is 9.59 Å². The molecule has 8 nitrogen and oxygen atoms in total. The van der Waals surface area contributed by atoms with Gasteiger partial charge in [-0.2, -0.15) is 0 Å². The molecule has 0 bridgehead atoms. The van der Waals surface area contributed by atoms with Gasteiger partial charge in [-0.3, -0.25) is 0 Å².